The summed E-state index contributed by atoms with van der Waals surface area (Å²) in [4.78, 5) is 12.3. The topological polar surface area (TPSA) is 58.7 Å². The maximum absolute atomic E-state index is 12.3. The molecule has 18 heavy (non-hydrogen) atoms. The van der Waals surface area contributed by atoms with E-state index < -0.39 is 0 Å². The van der Waals surface area contributed by atoms with Crippen LogP contribution in [0.2, 0.25) is 0 Å². The van der Waals surface area contributed by atoms with Gasteiger partial charge in [-0.2, -0.15) is 5.10 Å². The van der Waals surface area contributed by atoms with Crippen LogP contribution in [0.1, 0.15) is 47.0 Å². The number of nitrogens with two attached hydrogens (primary N) is 1. The van der Waals surface area contributed by atoms with Gasteiger partial charge in [-0.05, 0) is 37.6 Å². The fourth-order valence-corrected chi connectivity index (χ4v) is 2.22. The summed E-state index contributed by atoms with van der Waals surface area (Å²) in [6, 6.07) is 0. The molecule has 1 atom stereocenters. The van der Waals surface area contributed by atoms with Crippen molar-refractivity contribution >= 4 is 11.6 Å². The van der Waals surface area contributed by atoms with Crippen LogP contribution < -0.4 is 5.73 Å². The molecule has 104 valence electrons. The Balaban J connectivity index is 2.69. The first-order valence-corrected chi connectivity index (χ1v) is 7.07. The Morgan fingerprint density at radius 1 is 1.33 bits per heavy atom. The Bertz CT molecular complexity index is 310. The summed E-state index contributed by atoms with van der Waals surface area (Å²) in [7, 11) is 0. The van der Waals surface area contributed by atoms with Crippen LogP contribution in [0.25, 0.3) is 0 Å². The standard InChI is InChI=1S/C14H27N3O/c1-10(2)7-9-17-14(18)12(6-5-8-15)13(16-17)11(3)4/h10-12H,5-9,15H2,1-4H3. The molecule has 0 aliphatic carbocycles. The molecule has 0 aromatic carbocycles. The zero-order valence-electron chi connectivity index (χ0n) is 12.1. The molecular formula is C14H27N3O. The maximum Gasteiger partial charge on any atom is 0.251 e. The zero-order valence-corrected chi connectivity index (χ0v) is 12.1. The molecule has 0 fully saturated rings. The lowest BCUT2D eigenvalue weighted by Crippen LogP contribution is -2.30. The molecule has 0 saturated carbocycles. The predicted octanol–water partition coefficient (Wildman–Crippen LogP) is 2.24. The Hall–Kier alpha value is -0.900. The molecule has 0 saturated heterocycles. The van der Waals surface area contributed by atoms with Crippen LogP contribution in [0.5, 0.6) is 0 Å². The van der Waals surface area contributed by atoms with Crippen molar-refractivity contribution in [1.29, 1.82) is 0 Å². The van der Waals surface area contributed by atoms with Crippen molar-refractivity contribution in [2.45, 2.75) is 47.0 Å². The zero-order chi connectivity index (χ0) is 13.7. The van der Waals surface area contributed by atoms with Crippen molar-refractivity contribution in [3.8, 4) is 0 Å². The molecule has 1 heterocycles. The first-order chi connectivity index (χ1) is 8.47. The van der Waals surface area contributed by atoms with E-state index in [1.54, 1.807) is 5.01 Å². The molecule has 1 aliphatic heterocycles. The second-order valence-electron chi connectivity index (χ2n) is 5.81. The van der Waals surface area contributed by atoms with Gasteiger partial charge in [0.25, 0.3) is 5.91 Å². The van der Waals surface area contributed by atoms with Crippen LogP contribution in [-0.4, -0.2) is 29.7 Å². The van der Waals surface area contributed by atoms with E-state index in [9.17, 15) is 4.79 Å². The van der Waals surface area contributed by atoms with Gasteiger partial charge in [0, 0.05) is 6.54 Å². The van der Waals surface area contributed by atoms with Gasteiger partial charge in [-0.1, -0.05) is 27.7 Å². The summed E-state index contributed by atoms with van der Waals surface area (Å²) >= 11 is 0. The third-order valence-corrected chi connectivity index (χ3v) is 3.35. The first kappa shape index (κ1) is 15.2. The molecule has 4 nitrogen and oxygen atoms in total. The van der Waals surface area contributed by atoms with Crippen LogP contribution in [0, 0.1) is 17.8 Å². The second-order valence-corrected chi connectivity index (χ2v) is 5.81. The highest BCUT2D eigenvalue weighted by atomic mass is 16.2. The van der Waals surface area contributed by atoms with Crippen molar-refractivity contribution in [1.82, 2.24) is 5.01 Å². The van der Waals surface area contributed by atoms with Crippen LogP contribution >= 0.6 is 0 Å². The van der Waals surface area contributed by atoms with Gasteiger partial charge in [0.2, 0.25) is 0 Å². The van der Waals surface area contributed by atoms with Gasteiger partial charge in [0.1, 0.15) is 0 Å². The number of hydrogen-bond acceptors (Lipinski definition) is 3. The normalized spacial score (nSPS) is 20.2. The summed E-state index contributed by atoms with van der Waals surface area (Å²) in [6.45, 7) is 9.92. The molecule has 1 unspecified atom stereocenters. The minimum Gasteiger partial charge on any atom is -0.330 e. The largest absolute Gasteiger partial charge is 0.330 e. The minimum absolute atomic E-state index is 0.0271. The summed E-state index contributed by atoms with van der Waals surface area (Å²) in [5, 5.41) is 6.21. The molecular weight excluding hydrogens is 226 g/mol. The fraction of sp³-hybridized carbons (Fsp3) is 0.857. The van der Waals surface area contributed by atoms with Crippen LogP contribution in [0.15, 0.2) is 5.10 Å². The van der Waals surface area contributed by atoms with Crippen molar-refractivity contribution in [2.24, 2.45) is 28.6 Å². The van der Waals surface area contributed by atoms with E-state index in [1.165, 1.54) is 0 Å². The molecule has 2 N–H and O–H groups in total. The van der Waals surface area contributed by atoms with Crippen molar-refractivity contribution in [3.63, 3.8) is 0 Å². The summed E-state index contributed by atoms with van der Waals surface area (Å²) in [5.74, 6) is 1.08. The van der Waals surface area contributed by atoms with Gasteiger partial charge in [0.05, 0.1) is 11.6 Å². The van der Waals surface area contributed by atoms with Crippen LogP contribution in [-0.2, 0) is 4.79 Å². The van der Waals surface area contributed by atoms with E-state index in [4.69, 9.17) is 5.73 Å². The Morgan fingerprint density at radius 3 is 2.50 bits per heavy atom. The van der Waals surface area contributed by atoms with Gasteiger partial charge in [-0.3, -0.25) is 4.79 Å². The van der Waals surface area contributed by atoms with Crippen molar-refractivity contribution in [3.05, 3.63) is 0 Å². The molecule has 4 heteroatoms. The highest BCUT2D eigenvalue weighted by Gasteiger charge is 2.36. The van der Waals surface area contributed by atoms with E-state index >= 15 is 0 Å². The van der Waals surface area contributed by atoms with E-state index in [-0.39, 0.29) is 11.8 Å². The predicted molar refractivity (Wildman–Crippen MR) is 75.2 cm³/mol. The van der Waals surface area contributed by atoms with E-state index in [1.807, 2.05) is 0 Å². The van der Waals surface area contributed by atoms with E-state index in [0.717, 1.165) is 31.5 Å². The Labute approximate surface area is 111 Å². The van der Waals surface area contributed by atoms with Gasteiger partial charge in [0.15, 0.2) is 0 Å². The number of amides is 1. The maximum atomic E-state index is 12.3. The van der Waals surface area contributed by atoms with Gasteiger partial charge in [-0.25, -0.2) is 5.01 Å². The monoisotopic (exact) mass is 253 g/mol. The van der Waals surface area contributed by atoms with Gasteiger partial charge >= 0.3 is 0 Å². The number of nitrogens with zero attached hydrogens (tertiary/aromatic N) is 2. The third-order valence-electron chi connectivity index (χ3n) is 3.35. The van der Waals surface area contributed by atoms with Crippen LogP contribution in [0.4, 0.5) is 0 Å². The molecule has 0 aromatic heterocycles. The lowest BCUT2D eigenvalue weighted by atomic mass is 9.90. The Kier molecular flexibility index (Phi) is 5.79. The number of hydrazone groups is 1. The summed E-state index contributed by atoms with van der Waals surface area (Å²) in [5.41, 5.74) is 6.58. The molecule has 0 radical (unpaired) electrons. The Morgan fingerprint density at radius 2 is 2.00 bits per heavy atom. The lowest BCUT2D eigenvalue weighted by Gasteiger charge is -2.15. The number of rotatable bonds is 7. The average Bonchev–Trinajstić information content (AvgIpc) is 2.61. The second kappa shape index (κ2) is 6.88. The molecule has 1 amide bonds. The first-order valence-electron chi connectivity index (χ1n) is 7.07. The SMILES string of the molecule is CC(C)CCN1N=C(C(C)C)C(CCCN)C1=O. The summed E-state index contributed by atoms with van der Waals surface area (Å²) < 4.78 is 0. The van der Waals surface area contributed by atoms with Gasteiger partial charge < -0.3 is 5.73 Å². The fourth-order valence-electron chi connectivity index (χ4n) is 2.22. The number of hydrogen-bond donors (Lipinski definition) is 1. The molecule has 0 aromatic rings. The molecule has 0 bridgehead atoms. The van der Waals surface area contributed by atoms with Gasteiger partial charge in [-0.15, -0.1) is 0 Å². The number of carbonyl (C=O) groups excluding carboxylic acids is 1. The smallest absolute Gasteiger partial charge is 0.251 e. The lowest BCUT2D eigenvalue weighted by molar-refractivity contribution is -0.132. The quantitative estimate of drug-likeness (QED) is 0.756. The highest BCUT2D eigenvalue weighted by molar-refractivity contribution is 6.08. The number of carbonyl (C=O) groups is 1. The minimum atomic E-state index is -0.0271. The van der Waals surface area contributed by atoms with Crippen molar-refractivity contribution < 1.29 is 4.79 Å². The molecule has 0 spiro atoms. The van der Waals surface area contributed by atoms with Crippen LogP contribution in [0.3, 0.4) is 0 Å². The molecule has 1 rings (SSSR count). The van der Waals surface area contributed by atoms with Crippen molar-refractivity contribution in [2.75, 3.05) is 13.1 Å². The average molecular weight is 253 g/mol. The third kappa shape index (κ3) is 3.80. The molecule has 1 aliphatic rings. The highest BCUT2D eigenvalue weighted by Crippen LogP contribution is 2.25. The van der Waals surface area contributed by atoms with E-state index in [2.05, 4.69) is 32.8 Å². The van der Waals surface area contributed by atoms with E-state index in [0.29, 0.717) is 18.4 Å². The summed E-state index contributed by atoms with van der Waals surface area (Å²) in [6.07, 6.45) is 2.73.